The van der Waals surface area contributed by atoms with Gasteiger partial charge in [-0.05, 0) is 26.0 Å². The Bertz CT molecular complexity index is 704. The maximum atomic E-state index is 12.4. The SMILES string of the molecule is C=C/C=C(/CN1CCN(c2ncccc2C(=O)OC(C)C)CC1)C(=C)OC. The number of esters is 1. The normalized spacial score (nSPS) is 15.6. The van der Waals surface area contributed by atoms with Crippen LogP contribution in [0.25, 0.3) is 0 Å². The minimum atomic E-state index is -0.330. The zero-order chi connectivity index (χ0) is 19.8. The number of carbonyl (C=O) groups is 1. The fraction of sp³-hybridized carbons (Fsp3) is 0.429. The van der Waals surface area contributed by atoms with Crippen molar-refractivity contribution in [3.05, 3.63) is 60.5 Å². The predicted octanol–water partition coefficient (Wildman–Crippen LogP) is 3.04. The molecule has 1 aliphatic heterocycles. The Morgan fingerprint density at radius 2 is 2.04 bits per heavy atom. The van der Waals surface area contributed by atoms with E-state index in [0.29, 0.717) is 17.1 Å². The minimum absolute atomic E-state index is 0.161. The number of methoxy groups -OCH3 is 1. The third-order valence-electron chi connectivity index (χ3n) is 4.34. The van der Waals surface area contributed by atoms with E-state index in [1.807, 2.05) is 19.9 Å². The van der Waals surface area contributed by atoms with Crippen LogP contribution in [0, 0.1) is 0 Å². The Morgan fingerprint density at radius 3 is 2.63 bits per heavy atom. The van der Waals surface area contributed by atoms with Crippen LogP contribution in [0.5, 0.6) is 0 Å². The molecule has 2 rings (SSSR count). The molecule has 1 aromatic heterocycles. The Morgan fingerprint density at radius 1 is 1.33 bits per heavy atom. The average Bonchev–Trinajstić information content (AvgIpc) is 2.67. The van der Waals surface area contributed by atoms with Crippen LogP contribution in [0.15, 0.2) is 55.0 Å². The highest BCUT2D eigenvalue weighted by Crippen LogP contribution is 2.21. The van der Waals surface area contributed by atoms with Crippen molar-refractivity contribution in [2.75, 3.05) is 44.7 Å². The molecule has 0 spiro atoms. The van der Waals surface area contributed by atoms with Gasteiger partial charge in [-0.2, -0.15) is 0 Å². The van der Waals surface area contributed by atoms with E-state index in [-0.39, 0.29) is 12.1 Å². The number of hydrogen-bond donors (Lipinski definition) is 0. The highest BCUT2D eigenvalue weighted by molar-refractivity contribution is 5.94. The van der Waals surface area contributed by atoms with E-state index in [4.69, 9.17) is 9.47 Å². The summed E-state index contributed by atoms with van der Waals surface area (Å²) < 4.78 is 10.6. The first kappa shape index (κ1) is 20.7. The first-order valence-electron chi connectivity index (χ1n) is 9.14. The van der Waals surface area contributed by atoms with Gasteiger partial charge < -0.3 is 14.4 Å². The van der Waals surface area contributed by atoms with E-state index in [0.717, 1.165) is 38.3 Å². The van der Waals surface area contributed by atoms with Crippen LogP contribution in [-0.2, 0) is 9.47 Å². The van der Waals surface area contributed by atoms with E-state index in [2.05, 4.69) is 27.9 Å². The lowest BCUT2D eigenvalue weighted by Crippen LogP contribution is -2.47. The molecule has 0 radical (unpaired) electrons. The van der Waals surface area contributed by atoms with Crippen LogP contribution in [0.1, 0.15) is 24.2 Å². The molecule has 1 aromatic rings. The molecule has 146 valence electrons. The first-order chi connectivity index (χ1) is 13.0. The van der Waals surface area contributed by atoms with Crippen molar-refractivity contribution in [3.8, 4) is 0 Å². The fourth-order valence-corrected chi connectivity index (χ4v) is 2.95. The molecule has 2 heterocycles. The van der Waals surface area contributed by atoms with Gasteiger partial charge in [0.25, 0.3) is 0 Å². The molecule has 1 fully saturated rings. The van der Waals surface area contributed by atoms with Gasteiger partial charge in [-0.1, -0.05) is 25.3 Å². The second kappa shape index (κ2) is 9.92. The molecule has 0 aliphatic carbocycles. The zero-order valence-corrected chi connectivity index (χ0v) is 16.5. The quantitative estimate of drug-likeness (QED) is 0.398. The summed E-state index contributed by atoms with van der Waals surface area (Å²) in [6, 6.07) is 3.53. The molecule has 1 aliphatic rings. The highest BCUT2D eigenvalue weighted by Gasteiger charge is 2.24. The molecule has 27 heavy (non-hydrogen) atoms. The van der Waals surface area contributed by atoms with E-state index >= 15 is 0 Å². The summed E-state index contributed by atoms with van der Waals surface area (Å²) >= 11 is 0. The summed E-state index contributed by atoms with van der Waals surface area (Å²) in [7, 11) is 1.62. The molecule has 6 nitrogen and oxygen atoms in total. The lowest BCUT2D eigenvalue weighted by atomic mass is 10.1. The first-order valence-corrected chi connectivity index (χ1v) is 9.14. The highest BCUT2D eigenvalue weighted by atomic mass is 16.5. The van der Waals surface area contributed by atoms with Gasteiger partial charge in [-0.15, -0.1) is 0 Å². The number of hydrogen-bond acceptors (Lipinski definition) is 6. The third-order valence-corrected chi connectivity index (χ3v) is 4.34. The predicted molar refractivity (Wildman–Crippen MR) is 108 cm³/mol. The second-order valence-electron chi connectivity index (χ2n) is 6.65. The Hall–Kier alpha value is -2.60. The van der Waals surface area contributed by atoms with Gasteiger partial charge in [0, 0.05) is 44.5 Å². The third kappa shape index (κ3) is 5.69. The topological polar surface area (TPSA) is 54.9 Å². The Balaban J connectivity index is 2.04. The zero-order valence-electron chi connectivity index (χ0n) is 16.5. The van der Waals surface area contributed by atoms with E-state index in [1.54, 1.807) is 31.5 Å². The number of piperazine rings is 1. The summed E-state index contributed by atoms with van der Waals surface area (Å²) in [5.74, 6) is 1.01. The molecule has 0 aromatic carbocycles. The summed E-state index contributed by atoms with van der Waals surface area (Å²) in [5.41, 5.74) is 1.53. The average molecular weight is 371 g/mol. The van der Waals surface area contributed by atoms with Crippen molar-refractivity contribution < 1.29 is 14.3 Å². The number of aromatic nitrogens is 1. The van der Waals surface area contributed by atoms with Crippen molar-refractivity contribution in [1.82, 2.24) is 9.88 Å². The van der Waals surface area contributed by atoms with Crippen molar-refractivity contribution >= 4 is 11.8 Å². The molecule has 0 amide bonds. The smallest absolute Gasteiger partial charge is 0.342 e. The summed E-state index contributed by atoms with van der Waals surface area (Å²) in [5, 5.41) is 0. The number of carbonyl (C=O) groups excluding carboxylic acids is 1. The van der Waals surface area contributed by atoms with Crippen molar-refractivity contribution in [3.63, 3.8) is 0 Å². The van der Waals surface area contributed by atoms with Gasteiger partial charge in [-0.3, -0.25) is 4.90 Å². The number of pyridine rings is 1. The van der Waals surface area contributed by atoms with Crippen molar-refractivity contribution in [1.29, 1.82) is 0 Å². The van der Waals surface area contributed by atoms with Crippen LogP contribution in [0.3, 0.4) is 0 Å². The molecule has 0 N–H and O–H groups in total. The van der Waals surface area contributed by atoms with E-state index < -0.39 is 0 Å². The molecule has 0 saturated carbocycles. The summed E-state index contributed by atoms with van der Waals surface area (Å²) in [4.78, 5) is 21.3. The van der Waals surface area contributed by atoms with Gasteiger partial charge >= 0.3 is 5.97 Å². The van der Waals surface area contributed by atoms with Gasteiger partial charge in [0.05, 0.1) is 13.2 Å². The number of allylic oxidation sites excluding steroid dienone is 2. The van der Waals surface area contributed by atoms with Gasteiger partial charge in [0.2, 0.25) is 0 Å². The maximum absolute atomic E-state index is 12.4. The number of anilines is 1. The van der Waals surface area contributed by atoms with Gasteiger partial charge in [-0.25, -0.2) is 9.78 Å². The maximum Gasteiger partial charge on any atom is 0.342 e. The van der Waals surface area contributed by atoms with Crippen molar-refractivity contribution in [2.24, 2.45) is 0 Å². The largest absolute Gasteiger partial charge is 0.497 e. The van der Waals surface area contributed by atoms with Gasteiger partial charge in [0.1, 0.15) is 17.1 Å². The molecule has 1 saturated heterocycles. The monoisotopic (exact) mass is 371 g/mol. The van der Waals surface area contributed by atoms with Crippen LogP contribution >= 0.6 is 0 Å². The Kier molecular flexibility index (Phi) is 7.61. The number of ether oxygens (including phenoxy) is 2. The molecule has 6 heteroatoms. The fourth-order valence-electron chi connectivity index (χ4n) is 2.95. The van der Waals surface area contributed by atoms with E-state index in [9.17, 15) is 4.79 Å². The molecular weight excluding hydrogens is 342 g/mol. The van der Waals surface area contributed by atoms with Crippen molar-refractivity contribution in [2.45, 2.75) is 20.0 Å². The van der Waals surface area contributed by atoms with E-state index in [1.165, 1.54) is 0 Å². The van der Waals surface area contributed by atoms with Crippen LogP contribution < -0.4 is 4.90 Å². The minimum Gasteiger partial charge on any atom is -0.497 e. The lowest BCUT2D eigenvalue weighted by Gasteiger charge is -2.36. The van der Waals surface area contributed by atoms with Crippen LogP contribution in [-0.4, -0.2) is 61.8 Å². The second-order valence-corrected chi connectivity index (χ2v) is 6.65. The number of nitrogens with zero attached hydrogens (tertiary/aromatic N) is 3. The van der Waals surface area contributed by atoms with Crippen LogP contribution in [0.2, 0.25) is 0 Å². The Labute approximate surface area is 161 Å². The molecule has 0 bridgehead atoms. The molecule has 0 unspecified atom stereocenters. The summed E-state index contributed by atoms with van der Waals surface area (Å²) in [6.07, 6.45) is 5.22. The van der Waals surface area contributed by atoms with Gasteiger partial charge in [0.15, 0.2) is 0 Å². The molecule has 0 atom stereocenters. The summed E-state index contributed by atoms with van der Waals surface area (Å²) in [6.45, 7) is 15.4. The lowest BCUT2D eigenvalue weighted by molar-refractivity contribution is 0.0378. The standard InChI is InChI=1S/C21H29N3O3/c1-6-8-18(17(4)26-5)15-23-11-13-24(14-12-23)20-19(9-7-10-22-20)21(25)27-16(2)3/h6-10,16H,1,4,11-15H2,2-3,5H3/b18-8-. The number of rotatable bonds is 8. The molecular formula is C21H29N3O3. The van der Waals surface area contributed by atoms with Crippen LogP contribution in [0.4, 0.5) is 5.82 Å².